The van der Waals surface area contributed by atoms with Crippen LogP contribution in [0.2, 0.25) is 0 Å². The predicted octanol–water partition coefficient (Wildman–Crippen LogP) is 4.13. The fourth-order valence-electron chi connectivity index (χ4n) is 3.41. The lowest BCUT2D eigenvalue weighted by atomic mass is 9.67. The maximum atomic E-state index is 11.1. The highest BCUT2D eigenvalue weighted by Crippen LogP contribution is 2.47. The van der Waals surface area contributed by atoms with E-state index >= 15 is 0 Å². The molecule has 1 fully saturated rings. The van der Waals surface area contributed by atoms with Crippen LogP contribution < -0.4 is 9.47 Å². The average Bonchev–Trinajstić information content (AvgIpc) is 2.46. The highest BCUT2D eigenvalue weighted by atomic mass is 16.5. The van der Waals surface area contributed by atoms with Gasteiger partial charge < -0.3 is 14.6 Å². The summed E-state index contributed by atoms with van der Waals surface area (Å²) < 4.78 is 10.7. The average molecular weight is 292 g/mol. The zero-order chi connectivity index (χ0) is 15.7. The van der Waals surface area contributed by atoms with Gasteiger partial charge in [-0.05, 0) is 49.1 Å². The van der Waals surface area contributed by atoms with Crippen LogP contribution in [0.1, 0.15) is 52.0 Å². The summed E-state index contributed by atoms with van der Waals surface area (Å²) in [6.45, 7) is 6.86. The van der Waals surface area contributed by atoms with E-state index in [-0.39, 0.29) is 0 Å². The largest absolute Gasteiger partial charge is 0.497 e. The Kier molecular flexibility index (Phi) is 4.52. The molecule has 0 aromatic heterocycles. The summed E-state index contributed by atoms with van der Waals surface area (Å²) in [5, 5.41) is 11.1. The van der Waals surface area contributed by atoms with Gasteiger partial charge >= 0.3 is 0 Å². The van der Waals surface area contributed by atoms with Crippen LogP contribution in [0, 0.1) is 11.3 Å². The van der Waals surface area contributed by atoms with Crippen molar-refractivity contribution in [2.75, 3.05) is 14.2 Å². The summed E-state index contributed by atoms with van der Waals surface area (Å²) >= 11 is 0. The van der Waals surface area contributed by atoms with Crippen LogP contribution >= 0.6 is 0 Å². The Morgan fingerprint density at radius 1 is 1.10 bits per heavy atom. The monoisotopic (exact) mass is 292 g/mol. The van der Waals surface area contributed by atoms with Gasteiger partial charge in [-0.15, -0.1) is 0 Å². The number of ether oxygens (including phenoxy) is 2. The lowest BCUT2D eigenvalue weighted by molar-refractivity contribution is -0.0312. The fourth-order valence-corrected chi connectivity index (χ4v) is 3.41. The van der Waals surface area contributed by atoms with Gasteiger partial charge in [0, 0.05) is 11.6 Å². The maximum absolute atomic E-state index is 11.1. The van der Waals surface area contributed by atoms with Crippen LogP contribution in [-0.2, 0) is 5.60 Å². The normalized spacial score (nSPS) is 26.5. The van der Waals surface area contributed by atoms with Crippen molar-refractivity contribution in [2.45, 2.75) is 52.1 Å². The SMILES string of the molecule is COc1ccc(C2(O)CCC(C(C)(C)C)CC2)c(OC)c1. The van der Waals surface area contributed by atoms with Gasteiger partial charge in [0.05, 0.1) is 19.8 Å². The van der Waals surface area contributed by atoms with Crippen molar-refractivity contribution in [3.63, 3.8) is 0 Å². The second-order valence-electron chi connectivity index (χ2n) is 7.24. The minimum absolute atomic E-state index is 0.311. The van der Waals surface area contributed by atoms with Crippen molar-refractivity contribution < 1.29 is 14.6 Å². The van der Waals surface area contributed by atoms with Gasteiger partial charge in [-0.1, -0.05) is 20.8 Å². The van der Waals surface area contributed by atoms with Crippen molar-refractivity contribution in [1.82, 2.24) is 0 Å². The first kappa shape index (κ1) is 16.2. The molecule has 3 nitrogen and oxygen atoms in total. The molecule has 2 rings (SSSR count). The molecule has 3 heteroatoms. The van der Waals surface area contributed by atoms with Gasteiger partial charge in [0.1, 0.15) is 11.5 Å². The molecule has 0 bridgehead atoms. The van der Waals surface area contributed by atoms with Gasteiger partial charge in [0.2, 0.25) is 0 Å². The highest BCUT2D eigenvalue weighted by molar-refractivity contribution is 5.44. The number of rotatable bonds is 3. The quantitative estimate of drug-likeness (QED) is 0.910. The van der Waals surface area contributed by atoms with Gasteiger partial charge in [-0.25, -0.2) is 0 Å². The molecule has 0 spiro atoms. The van der Waals surface area contributed by atoms with Crippen molar-refractivity contribution >= 4 is 0 Å². The van der Waals surface area contributed by atoms with E-state index in [4.69, 9.17) is 9.47 Å². The molecule has 1 saturated carbocycles. The molecule has 0 saturated heterocycles. The Bertz CT molecular complexity index is 480. The third-order valence-corrected chi connectivity index (χ3v) is 4.95. The molecule has 1 aliphatic carbocycles. The van der Waals surface area contributed by atoms with Gasteiger partial charge in [-0.3, -0.25) is 0 Å². The van der Waals surface area contributed by atoms with E-state index in [1.807, 2.05) is 18.2 Å². The maximum Gasteiger partial charge on any atom is 0.128 e. The smallest absolute Gasteiger partial charge is 0.128 e. The van der Waals surface area contributed by atoms with Crippen LogP contribution in [0.5, 0.6) is 11.5 Å². The molecule has 0 amide bonds. The number of methoxy groups -OCH3 is 2. The second kappa shape index (κ2) is 5.88. The molecule has 0 aliphatic heterocycles. The van der Waals surface area contributed by atoms with Crippen molar-refractivity contribution in [3.8, 4) is 11.5 Å². The topological polar surface area (TPSA) is 38.7 Å². The van der Waals surface area contributed by atoms with Crippen molar-refractivity contribution in [2.24, 2.45) is 11.3 Å². The Balaban J connectivity index is 2.22. The first-order chi connectivity index (χ1) is 9.80. The molecular weight excluding hydrogens is 264 g/mol. The summed E-state index contributed by atoms with van der Waals surface area (Å²) in [7, 11) is 3.28. The van der Waals surface area contributed by atoms with Crippen molar-refractivity contribution in [3.05, 3.63) is 23.8 Å². The molecule has 0 heterocycles. The molecule has 118 valence electrons. The third-order valence-electron chi connectivity index (χ3n) is 4.95. The van der Waals surface area contributed by atoms with Gasteiger partial charge in [-0.2, -0.15) is 0 Å². The Morgan fingerprint density at radius 3 is 2.19 bits per heavy atom. The standard InChI is InChI=1S/C18H28O3/c1-17(2,3)13-8-10-18(19,11-9-13)15-7-6-14(20-4)12-16(15)21-5/h6-7,12-13,19H,8-11H2,1-5H3. The summed E-state index contributed by atoms with van der Waals surface area (Å²) in [5.74, 6) is 2.13. The third kappa shape index (κ3) is 3.34. The molecule has 0 radical (unpaired) electrons. The molecule has 0 unspecified atom stereocenters. The summed E-state index contributed by atoms with van der Waals surface area (Å²) in [4.78, 5) is 0. The minimum atomic E-state index is -0.778. The lowest BCUT2D eigenvalue weighted by Gasteiger charge is -2.41. The number of hydrogen-bond acceptors (Lipinski definition) is 3. The lowest BCUT2D eigenvalue weighted by Crippen LogP contribution is -2.35. The Morgan fingerprint density at radius 2 is 1.71 bits per heavy atom. The number of hydrogen-bond donors (Lipinski definition) is 1. The van der Waals surface area contributed by atoms with Gasteiger partial charge in [0.25, 0.3) is 0 Å². The van der Waals surface area contributed by atoms with E-state index in [0.717, 1.165) is 37.0 Å². The molecule has 1 aromatic rings. The Labute approximate surface area is 128 Å². The molecule has 1 N–H and O–H groups in total. The predicted molar refractivity (Wildman–Crippen MR) is 84.9 cm³/mol. The number of aliphatic hydroxyl groups is 1. The van der Waals surface area contributed by atoms with E-state index in [0.29, 0.717) is 17.1 Å². The molecule has 0 atom stereocenters. The second-order valence-corrected chi connectivity index (χ2v) is 7.24. The van der Waals surface area contributed by atoms with E-state index in [9.17, 15) is 5.11 Å². The summed E-state index contributed by atoms with van der Waals surface area (Å²) in [6.07, 6.45) is 3.68. The Hall–Kier alpha value is -1.22. The first-order valence-electron chi connectivity index (χ1n) is 7.75. The molecule has 21 heavy (non-hydrogen) atoms. The number of benzene rings is 1. The van der Waals surface area contributed by atoms with E-state index in [1.54, 1.807) is 14.2 Å². The van der Waals surface area contributed by atoms with E-state index in [2.05, 4.69) is 20.8 Å². The van der Waals surface area contributed by atoms with Crippen LogP contribution in [0.3, 0.4) is 0 Å². The fraction of sp³-hybridized carbons (Fsp3) is 0.667. The van der Waals surface area contributed by atoms with Crippen LogP contribution in [0.25, 0.3) is 0 Å². The van der Waals surface area contributed by atoms with Gasteiger partial charge in [0.15, 0.2) is 0 Å². The summed E-state index contributed by atoms with van der Waals surface area (Å²) in [6, 6.07) is 5.68. The highest BCUT2D eigenvalue weighted by Gasteiger charge is 2.39. The van der Waals surface area contributed by atoms with Crippen LogP contribution in [0.15, 0.2) is 18.2 Å². The molecular formula is C18H28O3. The van der Waals surface area contributed by atoms with Crippen LogP contribution in [0.4, 0.5) is 0 Å². The van der Waals surface area contributed by atoms with E-state index in [1.165, 1.54) is 0 Å². The zero-order valence-electron chi connectivity index (χ0n) is 13.9. The van der Waals surface area contributed by atoms with Crippen LogP contribution in [-0.4, -0.2) is 19.3 Å². The minimum Gasteiger partial charge on any atom is -0.497 e. The van der Waals surface area contributed by atoms with Crippen molar-refractivity contribution in [1.29, 1.82) is 0 Å². The zero-order valence-corrected chi connectivity index (χ0v) is 13.9. The first-order valence-corrected chi connectivity index (χ1v) is 7.75. The summed E-state index contributed by atoms with van der Waals surface area (Å²) in [5.41, 5.74) is 0.420. The molecule has 1 aromatic carbocycles. The molecule has 1 aliphatic rings. The van der Waals surface area contributed by atoms with E-state index < -0.39 is 5.60 Å².